The van der Waals surface area contributed by atoms with Crippen LogP contribution in [0.25, 0.3) is 5.57 Å². The van der Waals surface area contributed by atoms with Crippen LogP contribution in [-0.4, -0.2) is 57.0 Å². The number of amides is 1. The summed E-state index contributed by atoms with van der Waals surface area (Å²) in [4.78, 5) is 19.8. The van der Waals surface area contributed by atoms with Crippen LogP contribution in [0.3, 0.4) is 0 Å². The summed E-state index contributed by atoms with van der Waals surface area (Å²) in [6.07, 6.45) is 13.0. The minimum absolute atomic E-state index is 0.102. The molecule has 7 nitrogen and oxygen atoms in total. The highest BCUT2D eigenvalue weighted by Crippen LogP contribution is 2.34. The van der Waals surface area contributed by atoms with Gasteiger partial charge in [0.2, 0.25) is 0 Å². The van der Waals surface area contributed by atoms with E-state index in [-0.39, 0.29) is 11.9 Å². The normalized spacial score (nSPS) is 29.6. The predicted molar refractivity (Wildman–Crippen MR) is 104 cm³/mol. The maximum atomic E-state index is 12.9. The number of piperidine rings is 1. The van der Waals surface area contributed by atoms with Gasteiger partial charge < -0.3 is 14.8 Å². The molecular formula is C20H24N6O. The molecule has 2 bridgehead atoms. The third-order valence-corrected chi connectivity index (χ3v) is 6.38. The quantitative estimate of drug-likeness (QED) is 0.887. The summed E-state index contributed by atoms with van der Waals surface area (Å²) in [5, 5.41) is 11.7. The highest BCUT2D eigenvalue weighted by Gasteiger charge is 2.39. The van der Waals surface area contributed by atoms with Crippen LogP contribution in [0, 0.1) is 0 Å². The van der Waals surface area contributed by atoms with Crippen molar-refractivity contribution in [1.82, 2.24) is 19.8 Å². The molecule has 2 unspecified atom stereocenters. The van der Waals surface area contributed by atoms with E-state index in [1.807, 2.05) is 23.9 Å². The molecule has 4 heterocycles. The molecular weight excluding hydrogens is 340 g/mol. The van der Waals surface area contributed by atoms with Crippen LogP contribution in [0.5, 0.6) is 0 Å². The van der Waals surface area contributed by atoms with E-state index in [9.17, 15) is 4.79 Å². The molecule has 5 rings (SSSR count). The number of rotatable bonds is 3. The minimum atomic E-state index is -0.102. The first-order valence-electron chi connectivity index (χ1n) is 9.68. The van der Waals surface area contributed by atoms with E-state index in [1.165, 1.54) is 12.8 Å². The summed E-state index contributed by atoms with van der Waals surface area (Å²) < 4.78 is 1.98. The molecule has 1 N–H and O–H groups in total. The highest BCUT2D eigenvalue weighted by molar-refractivity contribution is 6.53. The molecule has 27 heavy (non-hydrogen) atoms. The van der Waals surface area contributed by atoms with Crippen molar-refractivity contribution in [2.75, 3.05) is 7.05 Å². The van der Waals surface area contributed by atoms with Crippen LogP contribution in [0.2, 0.25) is 0 Å². The van der Waals surface area contributed by atoms with E-state index in [1.54, 1.807) is 6.20 Å². The molecule has 1 aliphatic carbocycles. The van der Waals surface area contributed by atoms with Crippen LogP contribution < -0.4 is 5.32 Å². The van der Waals surface area contributed by atoms with Gasteiger partial charge in [-0.05, 0) is 38.8 Å². The molecule has 7 heteroatoms. The number of hydrogen-bond donors (Lipinski definition) is 1. The van der Waals surface area contributed by atoms with Crippen molar-refractivity contribution in [2.24, 2.45) is 17.3 Å². The zero-order valence-electron chi connectivity index (χ0n) is 15.7. The van der Waals surface area contributed by atoms with Crippen LogP contribution in [-0.2, 0) is 11.8 Å². The number of imidazole rings is 1. The summed E-state index contributed by atoms with van der Waals surface area (Å²) in [7, 11) is 4.18. The number of aryl methyl sites for hydroxylation is 1. The van der Waals surface area contributed by atoms with Crippen molar-refractivity contribution < 1.29 is 4.79 Å². The lowest BCUT2D eigenvalue weighted by molar-refractivity contribution is -0.115. The van der Waals surface area contributed by atoms with E-state index in [2.05, 4.69) is 38.5 Å². The van der Waals surface area contributed by atoms with E-state index in [0.29, 0.717) is 24.2 Å². The second-order valence-corrected chi connectivity index (χ2v) is 7.97. The Bertz CT molecular complexity index is 907. The Kier molecular flexibility index (Phi) is 3.86. The summed E-state index contributed by atoms with van der Waals surface area (Å²) in [6, 6.07) is 1.42. The Morgan fingerprint density at radius 1 is 1.19 bits per heavy atom. The number of allylic oxidation sites excluding steroid dienone is 3. The fourth-order valence-corrected chi connectivity index (χ4v) is 4.83. The number of nitrogens with zero attached hydrogens (tertiary/aromatic N) is 5. The van der Waals surface area contributed by atoms with Gasteiger partial charge in [0.05, 0.1) is 5.71 Å². The fourth-order valence-electron chi connectivity index (χ4n) is 4.83. The Balaban J connectivity index is 1.32. The third kappa shape index (κ3) is 2.77. The number of carbonyl (C=O) groups is 1. The van der Waals surface area contributed by atoms with E-state index < -0.39 is 0 Å². The maximum Gasteiger partial charge on any atom is 0.272 e. The minimum Gasteiger partial charge on any atom is -0.348 e. The van der Waals surface area contributed by atoms with Gasteiger partial charge in [-0.3, -0.25) is 4.79 Å². The standard InChI is InChI=1S/C20H24N6O/c1-25-8-7-21-19(25)12-3-6-17-16(9-12)18(24-23-17)20(27)22-13-10-14-4-5-15(11-13)26(14)2/h3,7-9,13-15H,4-6,10-11H2,1-2H3,(H,22,27). The zero-order valence-corrected chi connectivity index (χ0v) is 15.7. The molecule has 4 aliphatic rings. The molecule has 2 atom stereocenters. The molecule has 0 aromatic carbocycles. The summed E-state index contributed by atoms with van der Waals surface area (Å²) in [5.74, 6) is 0.787. The van der Waals surface area contributed by atoms with Gasteiger partial charge in [0, 0.05) is 55.1 Å². The van der Waals surface area contributed by atoms with Gasteiger partial charge in [-0.15, -0.1) is 5.10 Å². The van der Waals surface area contributed by atoms with Crippen molar-refractivity contribution in [3.8, 4) is 0 Å². The first-order valence-corrected chi connectivity index (χ1v) is 9.68. The van der Waals surface area contributed by atoms with E-state index >= 15 is 0 Å². The van der Waals surface area contributed by atoms with Crippen LogP contribution >= 0.6 is 0 Å². The smallest absolute Gasteiger partial charge is 0.272 e. The fraction of sp³-hybridized carbons (Fsp3) is 0.500. The third-order valence-electron chi connectivity index (χ3n) is 6.38. The van der Waals surface area contributed by atoms with Gasteiger partial charge in [-0.1, -0.05) is 6.08 Å². The molecule has 0 spiro atoms. The maximum absolute atomic E-state index is 12.9. The molecule has 3 aliphatic heterocycles. The van der Waals surface area contributed by atoms with Crippen LogP contribution in [0.4, 0.5) is 0 Å². The molecule has 0 saturated carbocycles. The van der Waals surface area contributed by atoms with Crippen molar-refractivity contribution in [1.29, 1.82) is 0 Å². The SMILES string of the molecule is CN1C2CCC1CC(NC(=O)C1=NN=C3CC=C(c4nccn4C)C=C31)C2. The largest absolute Gasteiger partial charge is 0.348 e. The van der Waals surface area contributed by atoms with Crippen molar-refractivity contribution >= 4 is 22.9 Å². The summed E-state index contributed by atoms with van der Waals surface area (Å²) in [5.41, 5.74) is 3.15. The van der Waals surface area contributed by atoms with Gasteiger partial charge in [0.15, 0.2) is 5.71 Å². The molecule has 140 valence electrons. The average molecular weight is 364 g/mol. The number of aromatic nitrogens is 2. The Labute approximate surface area is 158 Å². The highest BCUT2D eigenvalue weighted by atomic mass is 16.2. The molecule has 1 aromatic heterocycles. The average Bonchev–Trinajstić information content (AvgIpc) is 3.31. The van der Waals surface area contributed by atoms with Gasteiger partial charge in [-0.2, -0.15) is 5.10 Å². The Hall–Kier alpha value is -2.54. The zero-order chi connectivity index (χ0) is 18.5. The number of carbonyl (C=O) groups excluding carboxylic acids is 1. The lowest BCUT2D eigenvalue weighted by atomic mass is 9.93. The van der Waals surface area contributed by atoms with Crippen LogP contribution in [0.1, 0.15) is 37.9 Å². The summed E-state index contributed by atoms with van der Waals surface area (Å²) in [6.45, 7) is 0. The Morgan fingerprint density at radius 3 is 2.67 bits per heavy atom. The predicted octanol–water partition coefficient (Wildman–Crippen LogP) is 1.69. The lowest BCUT2D eigenvalue weighted by Crippen LogP contribution is -2.50. The Morgan fingerprint density at radius 2 is 1.96 bits per heavy atom. The van der Waals surface area contributed by atoms with Gasteiger partial charge >= 0.3 is 0 Å². The van der Waals surface area contributed by atoms with Gasteiger partial charge in [-0.25, -0.2) is 4.98 Å². The van der Waals surface area contributed by atoms with Crippen LogP contribution in [0.15, 0.2) is 40.3 Å². The summed E-state index contributed by atoms with van der Waals surface area (Å²) >= 11 is 0. The van der Waals surface area contributed by atoms with Crippen molar-refractivity contribution in [3.05, 3.63) is 35.9 Å². The van der Waals surface area contributed by atoms with Gasteiger partial charge in [0.1, 0.15) is 5.82 Å². The molecule has 1 amide bonds. The first kappa shape index (κ1) is 16.6. The number of nitrogens with one attached hydrogen (secondary N) is 1. The van der Waals surface area contributed by atoms with E-state index in [4.69, 9.17) is 0 Å². The molecule has 0 radical (unpaired) electrons. The monoisotopic (exact) mass is 364 g/mol. The topological polar surface area (TPSA) is 74.9 Å². The lowest BCUT2D eigenvalue weighted by Gasteiger charge is -2.36. The molecule has 2 saturated heterocycles. The molecule has 2 fully saturated rings. The molecule has 1 aromatic rings. The van der Waals surface area contributed by atoms with Gasteiger partial charge in [0.25, 0.3) is 5.91 Å². The number of hydrogen-bond acceptors (Lipinski definition) is 5. The van der Waals surface area contributed by atoms with Crippen molar-refractivity contribution in [2.45, 2.75) is 50.2 Å². The second-order valence-electron chi connectivity index (χ2n) is 7.97. The second kappa shape index (κ2) is 6.27. The van der Waals surface area contributed by atoms with E-state index in [0.717, 1.165) is 35.5 Å². The number of fused-ring (bicyclic) bond motifs is 3. The first-order chi connectivity index (χ1) is 13.1. The van der Waals surface area contributed by atoms with Crippen molar-refractivity contribution in [3.63, 3.8) is 0 Å².